The standard InChI is InChI=1S/C13H23F3N2O2/c1-10(2)7-18(9-13(14,15)16)12(19)8-20-11-3-5-17-6-4-11/h10-11,17H,3-9H2,1-2H3. The van der Waals surface area contributed by atoms with Crippen LogP contribution in [0.5, 0.6) is 0 Å². The molecule has 1 saturated heterocycles. The second-order valence-electron chi connectivity index (χ2n) is 5.54. The van der Waals surface area contributed by atoms with E-state index < -0.39 is 18.6 Å². The molecule has 1 fully saturated rings. The van der Waals surface area contributed by atoms with Crippen LogP contribution >= 0.6 is 0 Å². The normalized spacial score (nSPS) is 17.5. The molecule has 1 amide bonds. The van der Waals surface area contributed by atoms with Gasteiger partial charge in [-0.2, -0.15) is 13.2 Å². The van der Waals surface area contributed by atoms with Crippen molar-refractivity contribution in [3.8, 4) is 0 Å². The molecule has 0 aromatic rings. The van der Waals surface area contributed by atoms with E-state index in [-0.39, 0.29) is 25.2 Å². The summed E-state index contributed by atoms with van der Waals surface area (Å²) in [6.45, 7) is 3.81. The number of alkyl halides is 3. The van der Waals surface area contributed by atoms with E-state index in [4.69, 9.17) is 4.74 Å². The number of amides is 1. The lowest BCUT2D eigenvalue weighted by molar-refractivity contribution is -0.166. The number of hydrogen-bond acceptors (Lipinski definition) is 3. The quantitative estimate of drug-likeness (QED) is 0.812. The summed E-state index contributed by atoms with van der Waals surface area (Å²) in [4.78, 5) is 12.7. The molecule has 1 aliphatic heterocycles. The summed E-state index contributed by atoms with van der Waals surface area (Å²) >= 11 is 0. The Labute approximate surface area is 117 Å². The summed E-state index contributed by atoms with van der Waals surface area (Å²) in [7, 11) is 0. The molecule has 0 aromatic heterocycles. The second kappa shape index (κ2) is 7.83. The maximum atomic E-state index is 12.5. The molecule has 7 heteroatoms. The highest BCUT2D eigenvalue weighted by molar-refractivity contribution is 5.77. The molecular weight excluding hydrogens is 273 g/mol. The zero-order valence-corrected chi connectivity index (χ0v) is 12.0. The molecule has 4 nitrogen and oxygen atoms in total. The maximum Gasteiger partial charge on any atom is 0.406 e. The van der Waals surface area contributed by atoms with Gasteiger partial charge in [0.1, 0.15) is 13.2 Å². The molecule has 0 saturated carbocycles. The van der Waals surface area contributed by atoms with Crippen molar-refractivity contribution in [3.63, 3.8) is 0 Å². The van der Waals surface area contributed by atoms with Gasteiger partial charge in [0.05, 0.1) is 6.10 Å². The fraction of sp³-hybridized carbons (Fsp3) is 0.923. The number of nitrogens with one attached hydrogen (secondary N) is 1. The van der Waals surface area contributed by atoms with Crippen molar-refractivity contribution in [1.29, 1.82) is 0 Å². The Balaban J connectivity index is 2.44. The molecule has 0 aromatic carbocycles. The number of piperidine rings is 1. The number of hydrogen-bond donors (Lipinski definition) is 1. The van der Waals surface area contributed by atoms with Crippen LogP contribution in [0, 0.1) is 5.92 Å². The van der Waals surface area contributed by atoms with Crippen LogP contribution in [0.1, 0.15) is 26.7 Å². The van der Waals surface area contributed by atoms with Crippen LogP contribution in [-0.2, 0) is 9.53 Å². The molecule has 0 unspecified atom stereocenters. The van der Waals surface area contributed by atoms with Gasteiger partial charge in [-0.25, -0.2) is 0 Å². The third kappa shape index (κ3) is 7.09. The zero-order valence-electron chi connectivity index (χ0n) is 12.0. The van der Waals surface area contributed by atoms with E-state index in [0.29, 0.717) is 0 Å². The van der Waals surface area contributed by atoms with E-state index in [1.54, 1.807) is 13.8 Å². The Hall–Kier alpha value is -0.820. The number of ether oxygens (including phenoxy) is 1. The van der Waals surface area contributed by atoms with Crippen LogP contribution in [-0.4, -0.2) is 55.9 Å². The van der Waals surface area contributed by atoms with E-state index in [1.807, 2.05) is 0 Å². The van der Waals surface area contributed by atoms with E-state index in [0.717, 1.165) is 30.8 Å². The predicted molar refractivity (Wildman–Crippen MR) is 69.3 cm³/mol. The number of carbonyl (C=O) groups is 1. The Morgan fingerprint density at radius 1 is 1.35 bits per heavy atom. The fourth-order valence-electron chi connectivity index (χ4n) is 2.15. The summed E-state index contributed by atoms with van der Waals surface area (Å²) in [5.41, 5.74) is 0. The third-order valence-electron chi connectivity index (χ3n) is 3.04. The summed E-state index contributed by atoms with van der Waals surface area (Å²) in [6, 6.07) is 0. The summed E-state index contributed by atoms with van der Waals surface area (Å²) in [5, 5.41) is 3.16. The smallest absolute Gasteiger partial charge is 0.368 e. The van der Waals surface area contributed by atoms with Gasteiger partial charge in [0.15, 0.2) is 0 Å². The Morgan fingerprint density at radius 3 is 2.45 bits per heavy atom. The van der Waals surface area contributed by atoms with Crippen molar-refractivity contribution < 1.29 is 22.7 Å². The van der Waals surface area contributed by atoms with Crippen LogP contribution < -0.4 is 5.32 Å². The third-order valence-corrected chi connectivity index (χ3v) is 3.04. The molecular formula is C13H23F3N2O2. The highest BCUT2D eigenvalue weighted by Gasteiger charge is 2.33. The van der Waals surface area contributed by atoms with Gasteiger partial charge in [0.2, 0.25) is 5.91 Å². The van der Waals surface area contributed by atoms with Gasteiger partial charge in [-0.3, -0.25) is 4.79 Å². The molecule has 1 N–H and O–H groups in total. The Kier molecular flexibility index (Phi) is 6.75. The van der Waals surface area contributed by atoms with Gasteiger partial charge in [-0.15, -0.1) is 0 Å². The lowest BCUT2D eigenvalue weighted by Crippen LogP contribution is -2.43. The number of carbonyl (C=O) groups excluding carboxylic acids is 1. The van der Waals surface area contributed by atoms with Crippen molar-refractivity contribution in [2.24, 2.45) is 5.92 Å². The minimum Gasteiger partial charge on any atom is -0.368 e. The molecule has 118 valence electrons. The predicted octanol–water partition coefficient (Wildman–Crippen LogP) is 1.80. The fourth-order valence-corrected chi connectivity index (χ4v) is 2.15. The van der Waals surface area contributed by atoms with Gasteiger partial charge < -0.3 is 15.0 Å². The summed E-state index contributed by atoms with van der Waals surface area (Å²) in [5.74, 6) is -0.602. The first kappa shape index (κ1) is 17.2. The molecule has 0 atom stereocenters. The van der Waals surface area contributed by atoms with E-state index >= 15 is 0 Å². The average Bonchev–Trinajstić information content (AvgIpc) is 2.34. The lowest BCUT2D eigenvalue weighted by Gasteiger charge is -2.27. The zero-order chi connectivity index (χ0) is 15.2. The average molecular weight is 296 g/mol. The van der Waals surface area contributed by atoms with E-state index in [1.165, 1.54) is 0 Å². The SMILES string of the molecule is CC(C)CN(CC(F)(F)F)C(=O)COC1CCNCC1. The van der Waals surface area contributed by atoms with Crippen LogP contribution in [0.3, 0.4) is 0 Å². The van der Waals surface area contributed by atoms with Gasteiger partial charge in [0.25, 0.3) is 0 Å². The largest absolute Gasteiger partial charge is 0.406 e. The lowest BCUT2D eigenvalue weighted by atomic mass is 10.1. The minimum atomic E-state index is -4.38. The minimum absolute atomic E-state index is 0.0137. The molecule has 1 aliphatic rings. The van der Waals surface area contributed by atoms with Gasteiger partial charge in [-0.1, -0.05) is 13.8 Å². The molecule has 1 rings (SSSR count). The molecule has 0 spiro atoms. The van der Waals surface area contributed by atoms with Gasteiger partial charge >= 0.3 is 6.18 Å². The van der Waals surface area contributed by atoms with Crippen molar-refractivity contribution in [3.05, 3.63) is 0 Å². The van der Waals surface area contributed by atoms with Gasteiger partial charge in [-0.05, 0) is 31.8 Å². The summed E-state index contributed by atoms with van der Waals surface area (Å²) in [6.07, 6.45) is -2.83. The van der Waals surface area contributed by atoms with Crippen LogP contribution in [0.2, 0.25) is 0 Å². The number of nitrogens with zero attached hydrogens (tertiary/aromatic N) is 1. The van der Waals surface area contributed by atoms with Crippen molar-refractivity contribution >= 4 is 5.91 Å². The number of halogens is 3. The topological polar surface area (TPSA) is 41.6 Å². The molecule has 0 radical (unpaired) electrons. The van der Waals surface area contributed by atoms with Crippen LogP contribution in [0.15, 0.2) is 0 Å². The maximum absolute atomic E-state index is 12.5. The van der Waals surface area contributed by atoms with Crippen molar-refractivity contribution in [1.82, 2.24) is 10.2 Å². The molecule has 0 bridgehead atoms. The number of rotatable bonds is 6. The first-order valence-corrected chi connectivity index (χ1v) is 6.95. The second-order valence-corrected chi connectivity index (χ2v) is 5.54. The monoisotopic (exact) mass is 296 g/mol. The molecule has 20 heavy (non-hydrogen) atoms. The van der Waals surface area contributed by atoms with E-state index in [2.05, 4.69) is 5.32 Å². The van der Waals surface area contributed by atoms with E-state index in [9.17, 15) is 18.0 Å². The first-order valence-electron chi connectivity index (χ1n) is 6.95. The Bertz CT molecular complexity index is 302. The summed E-state index contributed by atoms with van der Waals surface area (Å²) < 4.78 is 42.8. The highest BCUT2D eigenvalue weighted by Crippen LogP contribution is 2.18. The highest BCUT2D eigenvalue weighted by atomic mass is 19.4. The van der Waals surface area contributed by atoms with Crippen LogP contribution in [0.4, 0.5) is 13.2 Å². The van der Waals surface area contributed by atoms with Crippen molar-refractivity contribution in [2.45, 2.75) is 39.0 Å². The molecule has 1 heterocycles. The Morgan fingerprint density at radius 2 is 1.95 bits per heavy atom. The van der Waals surface area contributed by atoms with Crippen molar-refractivity contribution in [2.75, 3.05) is 32.8 Å². The molecule has 0 aliphatic carbocycles. The first-order chi connectivity index (χ1) is 9.28. The van der Waals surface area contributed by atoms with Gasteiger partial charge in [0, 0.05) is 6.54 Å². The van der Waals surface area contributed by atoms with Crippen LogP contribution in [0.25, 0.3) is 0 Å².